The molecule has 0 bridgehead atoms. The predicted molar refractivity (Wildman–Crippen MR) is 134 cm³/mol. The SMILES string of the molecule is C[C@]12CCc3nc(Nc4ccc(C(=O)O)cc4)sc3C1=CC[C@@H]1[C@@H]2CC[C@]2(C)/C(=N/O)CC[C@@H]12. The van der Waals surface area contributed by atoms with Gasteiger partial charge in [-0.05, 0) is 98.0 Å². The van der Waals surface area contributed by atoms with Crippen LogP contribution in [0.15, 0.2) is 35.5 Å². The number of allylic oxidation sites excluding steroid dienone is 2. The van der Waals surface area contributed by atoms with Gasteiger partial charge in [0.15, 0.2) is 5.13 Å². The number of nitrogens with one attached hydrogen (secondary N) is 1. The number of aryl methyl sites for hydroxylation is 1. The quantitative estimate of drug-likeness (QED) is 0.342. The topological polar surface area (TPSA) is 94.8 Å². The van der Waals surface area contributed by atoms with E-state index in [1.54, 1.807) is 35.6 Å². The number of carbonyl (C=O) groups is 1. The molecule has 3 N–H and O–H groups in total. The summed E-state index contributed by atoms with van der Waals surface area (Å²) in [6.07, 6.45) is 10.1. The molecule has 0 saturated heterocycles. The second-order valence-electron chi connectivity index (χ2n) is 11.0. The van der Waals surface area contributed by atoms with Crippen molar-refractivity contribution in [3.05, 3.63) is 46.5 Å². The molecule has 0 amide bonds. The van der Waals surface area contributed by atoms with Crippen LogP contribution in [-0.2, 0) is 6.42 Å². The molecule has 1 heterocycles. The summed E-state index contributed by atoms with van der Waals surface area (Å²) < 4.78 is 0. The zero-order valence-electron chi connectivity index (χ0n) is 19.7. The van der Waals surface area contributed by atoms with Crippen LogP contribution < -0.4 is 5.32 Å². The fourth-order valence-electron chi connectivity index (χ4n) is 7.70. The Hall–Kier alpha value is -2.67. The molecule has 5 atom stereocenters. The van der Waals surface area contributed by atoms with Crippen molar-refractivity contribution in [3.63, 3.8) is 0 Å². The first kappa shape index (κ1) is 21.8. The second-order valence-corrected chi connectivity index (χ2v) is 12.0. The maximum absolute atomic E-state index is 11.1. The minimum atomic E-state index is -0.918. The van der Waals surface area contributed by atoms with Gasteiger partial charge in [0.05, 0.1) is 21.8 Å². The lowest BCUT2D eigenvalue weighted by atomic mass is 9.48. The van der Waals surface area contributed by atoms with E-state index in [2.05, 4.69) is 30.4 Å². The Morgan fingerprint density at radius 3 is 2.62 bits per heavy atom. The Kier molecular flexibility index (Phi) is 4.93. The number of benzene rings is 1. The minimum Gasteiger partial charge on any atom is -0.478 e. The third kappa shape index (κ3) is 3.09. The van der Waals surface area contributed by atoms with Gasteiger partial charge in [0.1, 0.15) is 0 Å². The van der Waals surface area contributed by atoms with Crippen molar-refractivity contribution in [3.8, 4) is 0 Å². The van der Waals surface area contributed by atoms with Crippen LogP contribution in [0.4, 0.5) is 10.8 Å². The van der Waals surface area contributed by atoms with Gasteiger partial charge in [0, 0.05) is 11.1 Å². The smallest absolute Gasteiger partial charge is 0.335 e. The monoisotopic (exact) mass is 477 g/mol. The normalized spacial score (nSPS) is 35.1. The average molecular weight is 478 g/mol. The van der Waals surface area contributed by atoms with Gasteiger partial charge < -0.3 is 15.6 Å². The van der Waals surface area contributed by atoms with Crippen molar-refractivity contribution < 1.29 is 15.1 Å². The first-order valence-corrected chi connectivity index (χ1v) is 13.2. The highest BCUT2D eigenvalue weighted by Crippen LogP contribution is 2.65. The predicted octanol–water partition coefficient (Wildman–Crippen LogP) is 6.60. The van der Waals surface area contributed by atoms with Crippen LogP contribution in [0.5, 0.6) is 0 Å². The lowest BCUT2D eigenvalue weighted by molar-refractivity contribution is 0.0110. The van der Waals surface area contributed by atoms with E-state index in [0.717, 1.165) is 55.1 Å². The summed E-state index contributed by atoms with van der Waals surface area (Å²) in [6.45, 7) is 4.81. The molecule has 2 aromatic rings. The highest BCUT2D eigenvalue weighted by atomic mass is 32.1. The number of aromatic nitrogens is 1. The lowest BCUT2D eigenvalue weighted by Gasteiger charge is -2.56. The molecule has 0 spiro atoms. The van der Waals surface area contributed by atoms with Gasteiger partial charge in [-0.2, -0.15) is 0 Å². The van der Waals surface area contributed by atoms with Crippen molar-refractivity contribution in [1.29, 1.82) is 0 Å². The van der Waals surface area contributed by atoms with Gasteiger partial charge in [-0.25, -0.2) is 9.78 Å². The molecule has 0 aliphatic heterocycles. The van der Waals surface area contributed by atoms with Gasteiger partial charge in [-0.1, -0.05) is 36.4 Å². The van der Waals surface area contributed by atoms with Crippen LogP contribution in [-0.4, -0.2) is 27.0 Å². The number of thiazole rings is 1. The Morgan fingerprint density at radius 2 is 1.88 bits per heavy atom. The number of fused-ring (bicyclic) bond motifs is 7. The molecule has 178 valence electrons. The average Bonchev–Trinajstić information content (AvgIpc) is 3.38. The van der Waals surface area contributed by atoms with E-state index in [1.165, 1.54) is 22.6 Å². The van der Waals surface area contributed by atoms with E-state index in [1.807, 2.05) is 0 Å². The van der Waals surface area contributed by atoms with Crippen LogP contribution in [0.1, 0.15) is 73.3 Å². The fraction of sp³-hybridized carbons (Fsp3) is 0.519. The van der Waals surface area contributed by atoms with Crippen molar-refractivity contribution in [2.75, 3.05) is 5.32 Å². The molecule has 2 fully saturated rings. The molecule has 0 unspecified atom stereocenters. The van der Waals surface area contributed by atoms with Crippen LogP contribution in [0, 0.1) is 28.6 Å². The summed E-state index contributed by atoms with van der Waals surface area (Å²) >= 11 is 1.73. The summed E-state index contributed by atoms with van der Waals surface area (Å²) in [4.78, 5) is 17.4. The van der Waals surface area contributed by atoms with Gasteiger partial charge >= 0.3 is 5.97 Å². The van der Waals surface area contributed by atoms with Crippen molar-refractivity contribution in [2.45, 2.75) is 58.8 Å². The highest BCUT2D eigenvalue weighted by molar-refractivity contribution is 7.16. The number of hydrogen-bond donors (Lipinski definition) is 3. The summed E-state index contributed by atoms with van der Waals surface area (Å²) in [5.41, 5.74) is 5.07. The Balaban J connectivity index is 1.29. The van der Waals surface area contributed by atoms with Gasteiger partial charge in [-0.3, -0.25) is 0 Å². The van der Waals surface area contributed by atoms with Crippen LogP contribution in [0.25, 0.3) is 5.57 Å². The van der Waals surface area contributed by atoms with E-state index < -0.39 is 5.97 Å². The van der Waals surface area contributed by atoms with E-state index in [4.69, 9.17) is 10.1 Å². The molecule has 6 nitrogen and oxygen atoms in total. The number of carboxylic acids is 1. The molecular formula is C27H31N3O3S. The number of aromatic carboxylic acids is 1. The number of rotatable bonds is 3. The lowest BCUT2D eigenvalue weighted by Crippen LogP contribution is -2.49. The maximum atomic E-state index is 11.1. The summed E-state index contributed by atoms with van der Waals surface area (Å²) in [5, 5.41) is 26.7. The summed E-state index contributed by atoms with van der Waals surface area (Å²) in [7, 11) is 0. The maximum Gasteiger partial charge on any atom is 0.335 e. The molecule has 4 aliphatic carbocycles. The van der Waals surface area contributed by atoms with Crippen molar-refractivity contribution in [1.82, 2.24) is 4.98 Å². The number of carboxylic acid groups (broad SMARTS) is 1. The largest absolute Gasteiger partial charge is 0.478 e. The van der Waals surface area contributed by atoms with E-state index in [0.29, 0.717) is 17.8 Å². The van der Waals surface area contributed by atoms with E-state index in [-0.39, 0.29) is 16.4 Å². The van der Waals surface area contributed by atoms with Crippen LogP contribution >= 0.6 is 11.3 Å². The molecule has 6 rings (SSSR count). The number of anilines is 2. The first-order chi connectivity index (χ1) is 16.3. The number of oxime groups is 1. The minimum absolute atomic E-state index is 0.0647. The summed E-state index contributed by atoms with van der Waals surface area (Å²) in [6, 6.07) is 6.82. The van der Waals surface area contributed by atoms with E-state index in [9.17, 15) is 10.0 Å². The molecule has 7 heteroatoms. The number of nitrogens with zero attached hydrogens (tertiary/aromatic N) is 2. The highest BCUT2D eigenvalue weighted by Gasteiger charge is 2.58. The Morgan fingerprint density at radius 1 is 1.12 bits per heavy atom. The molecule has 1 aromatic heterocycles. The third-order valence-electron chi connectivity index (χ3n) is 9.53. The zero-order valence-corrected chi connectivity index (χ0v) is 20.5. The molecule has 1 aromatic carbocycles. The fourth-order valence-corrected chi connectivity index (χ4v) is 8.91. The molecule has 34 heavy (non-hydrogen) atoms. The molecule has 4 aliphatic rings. The second kappa shape index (κ2) is 7.67. The Bertz CT molecular complexity index is 1220. The van der Waals surface area contributed by atoms with Crippen LogP contribution in [0.2, 0.25) is 0 Å². The number of hydrogen-bond acceptors (Lipinski definition) is 6. The van der Waals surface area contributed by atoms with Crippen molar-refractivity contribution in [2.24, 2.45) is 33.7 Å². The summed E-state index contributed by atoms with van der Waals surface area (Å²) in [5.74, 6) is 1.02. The van der Waals surface area contributed by atoms with Gasteiger partial charge in [0.2, 0.25) is 0 Å². The van der Waals surface area contributed by atoms with Gasteiger partial charge in [-0.15, -0.1) is 0 Å². The third-order valence-corrected chi connectivity index (χ3v) is 10.6. The van der Waals surface area contributed by atoms with Crippen molar-refractivity contribution >= 4 is 39.4 Å². The van der Waals surface area contributed by atoms with Gasteiger partial charge in [0.25, 0.3) is 0 Å². The van der Waals surface area contributed by atoms with Crippen LogP contribution in [0.3, 0.4) is 0 Å². The molecular weight excluding hydrogens is 446 g/mol. The first-order valence-electron chi connectivity index (χ1n) is 12.4. The Labute approximate surface area is 203 Å². The standard InChI is InChI=1S/C27H31N3O3S/c1-26-14-12-21-23(34-25(29-21)28-16-5-3-15(4-6-16)24(31)32)20(26)8-7-17-18-9-10-22(30-33)27(18,2)13-11-19(17)26/h3-6,8,17-19,33H,7,9-14H2,1-2H3,(H,28,29)(H,31,32)/b30-22+/t17-,18-,19-,26+,27-/m0/s1. The van der Waals surface area contributed by atoms with E-state index >= 15 is 0 Å². The molecule has 2 saturated carbocycles. The molecule has 0 radical (unpaired) electrons. The zero-order chi connectivity index (χ0) is 23.7.